The van der Waals surface area contributed by atoms with Gasteiger partial charge in [-0.25, -0.2) is 0 Å². The van der Waals surface area contributed by atoms with Crippen molar-refractivity contribution in [2.75, 3.05) is 31.1 Å². The quantitative estimate of drug-likeness (QED) is 0.0660. The first kappa shape index (κ1) is 39.5. The minimum atomic E-state index is -1.45. The van der Waals surface area contributed by atoms with Crippen molar-refractivity contribution >= 4 is 29.5 Å². The van der Waals surface area contributed by atoms with Gasteiger partial charge in [-0.15, -0.1) is 0 Å². The summed E-state index contributed by atoms with van der Waals surface area (Å²) in [6, 6.07) is -2.65. The van der Waals surface area contributed by atoms with E-state index in [1.807, 2.05) is 6.92 Å². The van der Waals surface area contributed by atoms with Crippen molar-refractivity contribution in [1.82, 2.24) is 16.0 Å². The topological polar surface area (TPSA) is 285 Å². The van der Waals surface area contributed by atoms with Gasteiger partial charge >= 0.3 is 0 Å². The average Bonchev–Trinajstić information content (AvgIpc) is 3.00. The van der Waals surface area contributed by atoms with E-state index in [0.29, 0.717) is 30.9 Å². The Kier molecular flexibility index (Phi) is 16.4. The van der Waals surface area contributed by atoms with Gasteiger partial charge in [-0.05, 0) is 30.4 Å². The molecule has 262 valence electrons. The third kappa shape index (κ3) is 11.8. The average molecular weight is 667 g/mol. The summed E-state index contributed by atoms with van der Waals surface area (Å²) in [5.74, 6) is 0.288. The molecule has 0 spiro atoms. The summed E-state index contributed by atoms with van der Waals surface area (Å²) in [6.07, 6.45) is -8.44. The molecule has 2 rings (SSSR count). The summed E-state index contributed by atoms with van der Waals surface area (Å²) < 4.78 is 11.5. The fourth-order valence-electron chi connectivity index (χ4n) is 4.90. The standard InChI is InChI=1S/C28H54N6O10S/c1-4-28(2,3)25(41)26(42)33-8-7-18(36)32-9-11-45-10-5-6-17(35)34-13-16-21(38)22(39)19(31)27(43-16)44-24-15(30)12-14(29)20(37)23(24)40/h14-16,19-25,27,37-41H,4-13,29-31H2,1-3H3,(H,32,36)(H,33,42)(H,34,35)/t14-,15+,16-,19-,20+,21-,22-,23-,24-,25+,27-/m1/s1. The van der Waals surface area contributed by atoms with Crippen molar-refractivity contribution in [2.24, 2.45) is 22.6 Å². The molecule has 3 amide bonds. The maximum atomic E-state index is 12.4. The number of aliphatic hydroxyl groups is 5. The molecule has 0 radical (unpaired) electrons. The summed E-state index contributed by atoms with van der Waals surface area (Å²) in [4.78, 5) is 36.4. The molecule has 1 saturated heterocycles. The molecule has 0 aromatic rings. The predicted octanol–water partition coefficient (Wildman–Crippen LogP) is -4.03. The third-order valence-electron chi connectivity index (χ3n) is 8.44. The highest BCUT2D eigenvalue weighted by Crippen LogP contribution is 2.27. The number of nitrogens with two attached hydrogens (primary N) is 3. The predicted molar refractivity (Wildman–Crippen MR) is 166 cm³/mol. The minimum Gasteiger partial charge on any atom is -0.389 e. The molecule has 2 aliphatic rings. The van der Waals surface area contributed by atoms with Gasteiger partial charge in [-0.3, -0.25) is 14.4 Å². The van der Waals surface area contributed by atoms with Crippen molar-refractivity contribution < 1.29 is 49.4 Å². The number of nitrogens with one attached hydrogen (secondary N) is 3. The summed E-state index contributed by atoms with van der Waals surface area (Å²) >= 11 is 1.56. The minimum absolute atomic E-state index is 0.0962. The van der Waals surface area contributed by atoms with Crippen LogP contribution in [0, 0.1) is 5.41 Å². The largest absolute Gasteiger partial charge is 0.389 e. The molecule has 1 aliphatic carbocycles. The second-order valence-corrected chi connectivity index (χ2v) is 13.6. The van der Waals surface area contributed by atoms with Crippen LogP contribution in [0.5, 0.6) is 0 Å². The van der Waals surface area contributed by atoms with Gasteiger partial charge < -0.3 is 68.2 Å². The van der Waals surface area contributed by atoms with E-state index in [9.17, 15) is 39.9 Å². The lowest BCUT2D eigenvalue weighted by Crippen LogP contribution is -2.67. The van der Waals surface area contributed by atoms with E-state index in [4.69, 9.17) is 26.7 Å². The fourth-order valence-corrected chi connectivity index (χ4v) is 5.70. The van der Waals surface area contributed by atoms with Gasteiger partial charge in [-0.2, -0.15) is 11.8 Å². The Morgan fingerprint density at radius 2 is 1.58 bits per heavy atom. The Labute approximate surface area is 268 Å². The highest BCUT2D eigenvalue weighted by Gasteiger charge is 2.48. The zero-order valence-corrected chi connectivity index (χ0v) is 27.2. The first-order valence-corrected chi connectivity index (χ1v) is 16.6. The zero-order valence-electron chi connectivity index (χ0n) is 26.3. The molecule has 0 unspecified atom stereocenters. The second kappa shape index (κ2) is 18.6. The van der Waals surface area contributed by atoms with Crippen LogP contribution in [0.4, 0.5) is 0 Å². The van der Waals surface area contributed by atoms with E-state index in [1.54, 1.807) is 25.6 Å². The Morgan fingerprint density at radius 3 is 2.24 bits per heavy atom. The van der Waals surface area contributed by atoms with Crippen LogP contribution in [0.25, 0.3) is 0 Å². The van der Waals surface area contributed by atoms with Crippen molar-refractivity contribution in [3.8, 4) is 0 Å². The normalized spacial score (nSPS) is 32.9. The maximum absolute atomic E-state index is 12.4. The highest BCUT2D eigenvalue weighted by atomic mass is 32.2. The number of thioether (sulfide) groups is 1. The van der Waals surface area contributed by atoms with Crippen LogP contribution in [-0.4, -0.2) is 142 Å². The van der Waals surface area contributed by atoms with Gasteiger partial charge in [-0.1, -0.05) is 20.8 Å². The lowest BCUT2D eigenvalue weighted by atomic mass is 9.83. The first-order chi connectivity index (χ1) is 21.1. The van der Waals surface area contributed by atoms with Gasteiger partial charge in [0, 0.05) is 50.3 Å². The molecular formula is C28H54N6O10S. The van der Waals surface area contributed by atoms with E-state index >= 15 is 0 Å². The van der Waals surface area contributed by atoms with Crippen LogP contribution in [0.1, 0.15) is 52.9 Å². The van der Waals surface area contributed by atoms with Crippen LogP contribution in [-0.2, 0) is 23.9 Å². The van der Waals surface area contributed by atoms with Crippen molar-refractivity contribution in [2.45, 2.75) is 120 Å². The van der Waals surface area contributed by atoms with Crippen molar-refractivity contribution in [3.05, 3.63) is 0 Å². The summed E-state index contributed by atoms with van der Waals surface area (Å²) in [6.45, 7) is 5.91. The number of rotatable bonds is 17. The van der Waals surface area contributed by atoms with Gasteiger partial charge in [0.25, 0.3) is 0 Å². The molecular weight excluding hydrogens is 612 g/mol. The lowest BCUT2D eigenvalue weighted by Gasteiger charge is -2.45. The van der Waals surface area contributed by atoms with E-state index in [1.165, 1.54) is 0 Å². The van der Waals surface area contributed by atoms with Crippen LogP contribution < -0.4 is 33.2 Å². The van der Waals surface area contributed by atoms with E-state index in [-0.39, 0.29) is 44.2 Å². The van der Waals surface area contributed by atoms with E-state index in [0.717, 1.165) is 0 Å². The zero-order chi connectivity index (χ0) is 33.9. The summed E-state index contributed by atoms with van der Waals surface area (Å²) in [5.41, 5.74) is 17.3. The Balaban J connectivity index is 1.62. The fraction of sp³-hybridized carbons (Fsp3) is 0.893. The molecule has 16 nitrogen and oxygen atoms in total. The number of ether oxygens (including phenoxy) is 2. The molecule has 45 heavy (non-hydrogen) atoms. The molecule has 0 bridgehead atoms. The van der Waals surface area contributed by atoms with Gasteiger partial charge in [0.1, 0.15) is 36.6 Å². The maximum Gasteiger partial charge on any atom is 0.249 e. The molecule has 1 heterocycles. The molecule has 11 atom stereocenters. The molecule has 14 N–H and O–H groups in total. The number of aliphatic hydroxyl groups excluding tert-OH is 5. The highest BCUT2D eigenvalue weighted by molar-refractivity contribution is 7.99. The van der Waals surface area contributed by atoms with Crippen LogP contribution in [0.2, 0.25) is 0 Å². The molecule has 1 saturated carbocycles. The molecule has 2 fully saturated rings. The van der Waals surface area contributed by atoms with Crippen LogP contribution in [0.15, 0.2) is 0 Å². The third-order valence-corrected chi connectivity index (χ3v) is 9.51. The SMILES string of the molecule is CCC(C)(C)[C@@H](O)C(=O)NCCC(=O)NCCSCCCC(=O)NC[C@H]1O[C@H](O[C@H]2[C@H](O)[C@@H](O)[C@H](N)C[C@@H]2N)[C@H](N)[C@@H](O)[C@@H]1O. The monoisotopic (exact) mass is 666 g/mol. The van der Waals surface area contributed by atoms with Crippen LogP contribution in [0.3, 0.4) is 0 Å². The molecule has 0 aromatic heterocycles. The summed E-state index contributed by atoms with van der Waals surface area (Å²) in [5, 5.41) is 59.5. The Bertz CT molecular complexity index is 952. The smallest absolute Gasteiger partial charge is 0.249 e. The molecule has 0 aromatic carbocycles. The van der Waals surface area contributed by atoms with Gasteiger partial charge in [0.05, 0.1) is 12.1 Å². The Morgan fingerprint density at radius 1 is 0.911 bits per heavy atom. The molecule has 1 aliphatic heterocycles. The van der Waals surface area contributed by atoms with Gasteiger partial charge in [0.15, 0.2) is 6.29 Å². The lowest BCUT2D eigenvalue weighted by molar-refractivity contribution is -0.288. The first-order valence-electron chi connectivity index (χ1n) is 15.5. The number of carbonyl (C=O) groups excluding carboxylic acids is 3. The van der Waals surface area contributed by atoms with Crippen LogP contribution >= 0.6 is 11.8 Å². The number of amides is 3. The van der Waals surface area contributed by atoms with Gasteiger partial charge in [0.2, 0.25) is 17.7 Å². The molecule has 17 heteroatoms. The summed E-state index contributed by atoms with van der Waals surface area (Å²) in [7, 11) is 0. The van der Waals surface area contributed by atoms with E-state index in [2.05, 4.69) is 16.0 Å². The number of hydrogen-bond acceptors (Lipinski definition) is 14. The Hall–Kier alpha value is -1.64. The van der Waals surface area contributed by atoms with E-state index < -0.39 is 78.5 Å². The number of carbonyl (C=O) groups is 3. The number of hydrogen-bond donors (Lipinski definition) is 11. The van der Waals surface area contributed by atoms with Crippen molar-refractivity contribution in [3.63, 3.8) is 0 Å². The van der Waals surface area contributed by atoms with Crippen molar-refractivity contribution in [1.29, 1.82) is 0 Å². The second-order valence-electron chi connectivity index (χ2n) is 12.4.